The third-order valence-electron chi connectivity index (χ3n) is 2.88. The number of hydrogen-bond donors (Lipinski definition) is 2. The molecule has 0 radical (unpaired) electrons. The third kappa shape index (κ3) is 3.69. The average Bonchev–Trinajstić information content (AvgIpc) is 2.27. The molecule has 5 nitrogen and oxygen atoms in total. The lowest BCUT2D eigenvalue weighted by Gasteiger charge is -2.34. The largest absolute Gasteiger partial charge is 0.396 e. The van der Waals surface area contributed by atoms with Crippen molar-refractivity contribution in [3.63, 3.8) is 0 Å². The van der Waals surface area contributed by atoms with Crippen LogP contribution in [0.1, 0.15) is 39.0 Å². The lowest BCUT2D eigenvalue weighted by molar-refractivity contribution is 0.191. The molecule has 1 aliphatic rings. The van der Waals surface area contributed by atoms with Crippen molar-refractivity contribution in [3.8, 4) is 0 Å². The highest BCUT2D eigenvalue weighted by Crippen LogP contribution is 2.21. The zero-order valence-electron chi connectivity index (χ0n) is 9.85. The molecule has 0 aromatic heterocycles. The molecule has 2 N–H and O–H groups in total. The summed E-state index contributed by atoms with van der Waals surface area (Å²) in [7, 11) is -3.34. The van der Waals surface area contributed by atoms with E-state index in [1.807, 2.05) is 6.92 Å². The van der Waals surface area contributed by atoms with Crippen molar-refractivity contribution in [2.45, 2.75) is 45.1 Å². The predicted molar refractivity (Wildman–Crippen MR) is 63.3 cm³/mol. The fourth-order valence-corrected chi connectivity index (χ4v) is 3.64. The SMILES string of the molecule is CCCNS(=O)(=O)N1CCCCC1CCO. The molecule has 0 aromatic rings. The van der Waals surface area contributed by atoms with Crippen LogP contribution in [0.5, 0.6) is 0 Å². The Balaban J connectivity index is 2.66. The number of nitrogens with zero attached hydrogens (tertiary/aromatic N) is 1. The standard InChI is InChI=1S/C10H22N2O3S/c1-2-7-11-16(14,15)12-8-4-3-5-10(12)6-9-13/h10-11,13H,2-9H2,1H3. The summed E-state index contributed by atoms with van der Waals surface area (Å²) in [4.78, 5) is 0. The Hall–Kier alpha value is -0.170. The lowest BCUT2D eigenvalue weighted by atomic mass is 10.0. The first-order valence-electron chi connectivity index (χ1n) is 5.99. The van der Waals surface area contributed by atoms with Crippen molar-refractivity contribution >= 4 is 10.2 Å². The van der Waals surface area contributed by atoms with Crippen LogP contribution >= 0.6 is 0 Å². The average molecular weight is 250 g/mol. The Kier molecular flexibility index (Phi) is 5.68. The zero-order valence-corrected chi connectivity index (χ0v) is 10.7. The second kappa shape index (κ2) is 6.54. The smallest absolute Gasteiger partial charge is 0.279 e. The van der Waals surface area contributed by atoms with Gasteiger partial charge in [-0.1, -0.05) is 13.3 Å². The van der Waals surface area contributed by atoms with Gasteiger partial charge in [0.25, 0.3) is 10.2 Å². The van der Waals surface area contributed by atoms with Gasteiger partial charge in [-0.2, -0.15) is 12.7 Å². The van der Waals surface area contributed by atoms with Gasteiger partial charge in [0.1, 0.15) is 0 Å². The lowest BCUT2D eigenvalue weighted by Crippen LogP contribution is -2.49. The van der Waals surface area contributed by atoms with E-state index in [0.717, 1.165) is 25.7 Å². The summed E-state index contributed by atoms with van der Waals surface area (Å²) >= 11 is 0. The summed E-state index contributed by atoms with van der Waals surface area (Å²) in [6.07, 6.45) is 4.14. The van der Waals surface area contributed by atoms with Gasteiger partial charge in [0.15, 0.2) is 0 Å². The quantitative estimate of drug-likeness (QED) is 0.720. The molecule has 1 atom stereocenters. The van der Waals surface area contributed by atoms with E-state index in [2.05, 4.69) is 4.72 Å². The molecule has 0 saturated carbocycles. The number of aliphatic hydroxyl groups excluding tert-OH is 1. The fraction of sp³-hybridized carbons (Fsp3) is 1.00. The molecule has 6 heteroatoms. The van der Waals surface area contributed by atoms with Crippen LogP contribution in [0.3, 0.4) is 0 Å². The van der Waals surface area contributed by atoms with Gasteiger partial charge < -0.3 is 5.11 Å². The van der Waals surface area contributed by atoms with Gasteiger partial charge in [0.05, 0.1) is 0 Å². The summed E-state index contributed by atoms with van der Waals surface area (Å²) in [6, 6.07) is -0.0342. The predicted octanol–water partition coefficient (Wildman–Crippen LogP) is 0.468. The van der Waals surface area contributed by atoms with Gasteiger partial charge >= 0.3 is 0 Å². The highest BCUT2D eigenvalue weighted by Gasteiger charge is 2.31. The summed E-state index contributed by atoms with van der Waals surface area (Å²) in [5.41, 5.74) is 0. The first-order valence-corrected chi connectivity index (χ1v) is 7.43. The maximum Gasteiger partial charge on any atom is 0.279 e. The van der Waals surface area contributed by atoms with Crippen LogP contribution in [0.2, 0.25) is 0 Å². The zero-order chi connectivity index (χ0) is 12.0. The minimum absolute atomic E-state index is 0.0342. The maximum absolute atomic E-state index is 12.0. The van der Waals surface area contributed by atoms with Gasteiger partial charge in [-0.25, -0.2) is 4.72 Å². The van der Waals surface area contributed by atoms with Crippen LogP contribution in [-0.4, -0.2) is 43.6 Å². The van der Waals surface area contributed by atoms with Crippen LogP contribution in [0.15, 0.2) is 0 Å². The molecular weight excluding hydrogens is 228 g/mol. The number of hydrogen-bond acceptors (Lipinski definition) is 3. The van der Waals surface area contributed by atoms with Crippen molar-refractivity contribution in [2.75, 3.05) is 19.7 Å². The second-order valence-electron chi connectivity index (χ2n) is 4.17. The summed E-state index contributed by atoms with van der Waals surface area (Å²) < 4.78 is 28.0. The molecule has 16 heavy (non-hydrogen) atoms. The maximum atomic E-state index is 12.0. The minimum atomic E-state index is -3.34. The second-order valence-corrected chi connectivity index (χ2v) is 5.88. The molecule has 1 unspecified atom stereocenters. The van der Waals surface area contributed by atoms with Crippen LogP contribution in [-0.2, 0) is 10.2 Å². The van der Waals surface area contributed by atoms with Crippen molar-refractivity contribution in [3.05, 3.63) is 0 Å². The Morgan fingerprint density at radius 3 is 2.81 bits per heavy atom. The van der Waals surface area contributed by atoms with E-state index in [4.69, 9.17) is 5.11 Å². The van der Waals surface area contributed by atoms with Gasteiger partial charge in [0, 0.05) is 25.7 Å². The Labute approximate surface area is 98.0 Å². The first-order chi connectivity index (χ1) is 7.61. The van der Waals surface area contributed by atoms with Crippen LogP contribution in [0, 0.1) is 0 Å². The van der Waals surface area contributed by atoms with Crippen molar-refractivity contribution in [2.24, 2.45) is 0 Å². The molecule has 0 aliphatic carbocycles. The highest BCUT2D eigenvalue weighted by atomic mass is 32.2. The van der Waals surface area contributed by atoms with Crippen LogP contribution < -0.4 is 4.72 Å². The summed E-state index contributed by atoms with van der Waals surface area (Å²) in [5, 5.41) is 8.94. The van der Waals surface area contributed by atoms with Crippen LogP contribution in [0.4, 0.5) is 0 Å². The monoisotopic (exact) mass is 250 g/mol. The molecule has 1 rings (SSSR count). The van der Waals surface area contributed by atoms with E-state index in [9.17, 15) is 8.42 Å². The molecule has 1 aliphatic heterocycles. The van der Waals surface area contributed by atoms with Crippen molar-refractivity contribution < 1.29 is 13.5 Å². The Morgan fingerprint density at radius 2 is 2.19 bits per heavy atom. The summed E-state index contributed by atoms with van der Waals surface area (Å²) in [5.74, 6) is 0. The molecule has 1 fully saturated rings. The van der Waals surface area contributed by atoms with Crippen LogP contribution in [0.25, 0.3) is 0 Å². The normalized spacial score (nSPS) is 23.5. The van der Waals surface area contributed by atoms with E-state index < -0.39 is 10.2 Å². The van der Waals surface area contributed by atoms with Gasteiger partial charge in [0.2, 0.25) is 0 Å². The number of nitrogens with one attached hydrogen (secondary N) is 1. The van der Waals surface area contributed by atoms with E-state index in [1.54, 1.807) is 0 Å². The highest BCUT2D eigenvalue weighted by molar-refractivity contribution is 7.87. The molecular formula is C10H22N2O3S. The number of piperidine rings is 1. The Bertz CT molecular complexity index is 290. The first kappa shape index (κ1) is 13.9. The Morgan fingerprint density at radius 1 is 1.44 bits per heavy atom. The van der Waals surface area contributed by atoms with Gasteiger partial charge in [-0.05, 0) is 25.7 Å². The van der Waals surface area contributed by atoms with E-state index in [1.165, 1.54) is 4.31 Å². The fourth-order valence-electron chi connectivity index (χ4n) is 2.04. The summed E-state index contributed by atoms with van der Waals surface area (Å²) in [6.45, 7) is 3.03. The van der Waals surface area contributed by atoms with Crippen molar-refractivity contribution in [1.29, 1.82) is 0 Å². The molecule has 0 spiro atoms. The third-order valence-corrected chi connectivity index (χ3v) is 4.55. The van der Waals surface area contributed by atoms with Gasteiger partial charge in [-0.15, -0.1) is 0 Å². The number of rotatable bonds is 6. The van der Waals surface area contributed by atoms with E-state index in [0.29, 0.717) is 19.5 Å². The van der Waals surface area contributed by atoms with Crippen molar-refractivity contribution in [1.82, 2.24) is 9.03 Å². The molecule has 1 saturated heterocycles. The van der Waals surface area contributed by atoms with E-state index >= 15 is 0 Å². The topological polar surface area (TPSA) is 69.6 Å². The van der Waals surface area contributed by atoms with Gasteiger partial charge in [-0.3, -0.25) is 0 Å². The molecule has 96 valence electrons. The number of aliphatic hydroxyl groups is 1. The molecule has 0 bridgehead atoms. The van der Waals surface area contributed by atoms with E-state index in [-0.39, 0.29) is 12.6 Å². The molecule has 0 amide bonds. The molecule has 1 heterocycles. The molecule has 0 aromatic carbocycles. The minimum Gasteiger partial charge on any atom is -0.396 e.